The molecule has 0 aromatic carbocycles. The number of alkyl carbamates (subject to hydrolysis) is 1. The van der Waals surface area contributed by atoms with Gasteiger partial charge in [0, 0.05) is 11.5 Å². The van der Waals surface area contributed by atoms with Crippen LogP contribution in [0.15, 0.2) is 0 Å². The first-order valence-corrected chi connectivity index (χ1v) is 5.62. The number of ether oxygens (including phenoxy) is 1. The number of amides is 1. The first-order chi connectivity index (χ1) is 7.15. The number of hydrogen-bond donors (Lipinski definition) is 1. The SMILES string of the molecule is CC(C)(C)OC(=O)NC(C)(C)[C@H]1C[C@H]1C=O. The first-order valence-electron chi connectivity index (χ1n) is 5.62. The van der Waals surface area contributed by atoms with Crippen LogP contribution >= 0.6 is 0 Å². The van der Waals surface area contributed by atoms with Crippen molar-refractivity contribution in [3.05, 3.63) is 0 Å². The summed E-state index contributed by atoms with van der Waals surface area (Å²) in [6.07, 6.45) is 1.39. The molecule has 1 aliphatic carbocycles. The van der Waals surface area contributed by atoms with E-state index in [1.165, 1.54) is 0 Å². The van der Waals surface area contributed by atoms with Gasteiger partial charge in [-0.25, -0.2) is 4.79 Å². The lowest BCUT2D eigenvalue weighted by Crippen LogP contribution is -2.47. The summed E-state index contributed by atoms with van der Waals surface area (Å²) >= 11 is 0. The van der Waals surface area contributed by atoms with E-state index >= 15 is 0 Å². The molecule has 0 unspecified atom stereocenters. The second-order valence-electron chi connectivity index (χ2n) is 5.99. The average molecular weight is 227 g/mol. The van der Waals surface area contributed by atoms with Crippen molar-refractivity contribution in [1.82, 2.24) is 5.32 Å². The molecule has 2 atom stereocenters. The monoisotopic (exact) mass is 227 g/mol. The highest BCUT2D eigenvalue weighted by Gasteiger charge is 2.48. The molecule has 1 rings (SSSR count). The Morgan fingerprint density at radius 2 is 1.88 bits per heavy atom. The second kappa shape index (κ2) is 4.07. The smallest absolute Gasteiger partial charge is 0.408 e. The number of nitrogens with one attached hydrogen (secondary N) is 1. The van der Waals surface area contributed by atoms with Crippen LogP contribution in [0.5, 0.6) is 0 Å². The van der Waals surface area contributed by atoms with Crippen LogP contribution in [0, 0.1) is 11.8 Å². The molecule has 0 heterocycles. The van der Waals surface area contributed by atoms with Gasteiger partial charge in [0.1, 0.15) is 11.9 Å². The van der Waals surface area contributed by atoms with Gasteiger partial charge >= 0.3 is 6.09 Å². The van der Waals surface area contributed by atoms with Gasteiger partial charge in [-0.2, -0.15) is 0 Å². The molecule has 1 aliphatic rings. The van der Waals surface area contributed by atoms with E-state index in [1.807, 2.05) is 34.6 Å². The van der Waals surface area contributed by atoms with Crippen molar-refractivity contribution in [2.45, 2.75) is 52.2 Å². The van der Waals surface area contributed by atoms with Gasteiger partial charge < -0.3 is 14.8 Å². The summed E-state index contributed by atoms with van der Waals surface area (Å²) in [5.41, 5.74) is -0.873. The summed E-state index contributed by atoms with van der Waals surface area (Å²) in [6.45, 7) is 9.32. The van der Waals surface area contributed by atoms with Gasteiger partial charge in [-0.15, -0.1) is 0 Å². The standard InChI is InChI=1S/C12H21NO3/c1-11(2,3)16-10(15)13-12(4,5)9-6-8(9)7-14/h7-9H,6H2,1-5H3,(H,13,15)/t8-,9-/m0/s1. The number of carbonyl (C=O) groups is 2. The van der Waals surface area contributed by atoms with Gasteiger partial charge in [0.2, 0.25) is 0 Å². The van der Waals surface area contributed by atoms with Gasteiger partial charge in [0.15, 0.2) is 0 Å². The third-order valence-electron chi connectivity index (χ3n) is 2.76. The lowest BCUT2D eigenvalue weighted by atomic mass is 9.97. The predicted octanol–water partition coefficient (Wildman–Crippen LogP) is 2.12. The molecule has 1 amide bonds. The number of carbonyl (C=O) groups excluding carboxylic acids is 2. The number of aldehydes is 1. The molecule has 1 saturated carbocycles. The molecule has 0 spiro atoms. The Balaban J connectivity index is 2.47. The molecule has 0 saturated heterocycles. The zero-order chi connectivity index (χ0) is 12.6. The fourth-order valence-corrected chi connectivity index (χ4v) is 1.85. The fraction of sp³-hybridized carbons (Fsp3) is 0.833. The Hall–Kier alpha value is -1.06. The van der Waals surface area contributed by atoms with Gasteiger partial charge in [-0.1, -0.05) is 0 Å². The Bertz CT molecular complexity index is 291. The molecule has 0 bridgehead atoms. The molecule has 0 aromatic rings. The highest BCUT2D eigenvalue weighted by atomic mass is 16.6. The maximum Gasteiger partial charge on any atom is 0.408 e. The number of rotatable bonds is 3. The maximum absolute atomic E-state index is 11.6. The third kappa shape index (κ3) is 3.51. The molecular formula is C12H21NO3. The minimum Gasteiger partial charge on any atom is -0.444 e. The van der Waals surface area contributed by atoms with E-state index in [4.69, 9.17) is 4.74 Å². The molecular weight excluding hydrogens is 206 g/mol. The minimum atomic E-state index is -0.492. The van der Waals surface area contributed by atoms with Crippen molar-refractivity contribution >= 4 is 12.4 Å². The molecule has 4 nitrogen and oxygen atoms in total. The van der Waals surface area contributed by atoms with E-state index in [9.17, 15) is 9.59 Å². The average Bonchev–Trinajstić information content (AvgIpc) is 2.76. The zero-order valence-corrected chi connectivity index (χ0v) is 10.7. The Morgan fingerprint density at radius 3 is 2.25 bits per heavy atom. The van der Waals surface area contributed by atoms with Crippen LogP contribution in [-0.4, -0.2) is 23.5 Å². The topological polar surface area (TPSA) is 55.4 Å². The lowest BCUT2D eigenvalue weighted by molar-refractivity contribution is -0.109. The Labute approximate surface area is 96.7 Å². The van der Waals surface area contributed by atoms with Crippen molar-refractivity contribution < 1.29 is 14.3 Å². The molecule has 92 valence electrons. The van der Waals surface area contributed by atoms with Crippen LogP contribution in [0.3, 0.4) is 0 Å². The lowest BCUT2D eigenvalue weighted by Gasteiger charge is -2.28. The van der Waals surface area contributed by atoms with Crippen LogP contribution in [0.4, 0.5) is 4.79 Å². The van der Waals surface area contributed by atoms with Crippen LogP contribution in [-0.2, 0) is 9.53 Å². The molecule has 0 aliphatic heterocycles. The molecule has 1 N–H and O–H groups in total. The van der Waals surface area contributed by atoms with E-state index in [0.717, 1.165) is 12.7 Å². The quantitative estimate of drug-likeness (QED) is 0.751. The molecule has 1 fully saturated rings. The summed E-state index contributed by atoms with van der Waals surface area (Å²) in [6, 6.07) is 0. The van der Waals surface area contributed by atoms with Crippen molar-refractivity contribution in [3.8, 4) is 0 Å². The van der Waals surface area contributed by atoms with E-state index in [2.05, 4.69) is 5.32 Å². The van der Waals surface area contributed by atoms with Crippen molar-refractivity contribution in [2.75, 3.05) is 0 Å². The summed E-state index contributed by atoms with van der Waals surface area (Å²) in [5, 5.41) is 2.82. The van der Waals surface area contributed by atoms with Gasteiger partial charge in [0.05, 0.1) is 0 Å². The summed E-state index contributed by atoms with van der Waals surface area (Å²) < 4.78 is 5.18. The molecule has 0 aromatic heterocycles. The fourth-order valence-electron chi connectivity index (χ4n) is 1.85. The summed E-state index contributed by atoms with van der Waals surface area (Å²) in [5.74, 6) is 0.322. The summed E-state index contributed by atoms with van der Waals surface area (Å²) in [7, 11) is 0. The minimum absolute atomic E-state index is 0.0879. The molecule has 4 heteroatoms. The van der Waals surface area contributed by atoms with Crippen molar-refractivity contribution in [1.29, 1.82) is 0 Å². The van der Waals surface area contributed by atoms with Crippen molar-refractivity contribution in [2.24, 2.45) is 11.8 Å². The molecule has 16 heavy (non-hydrogen) atoms. The normalized spacial score (nSPS) is 24.8. The maximum atomic E-state index is 11.6. The van der Waals surface area contributed by atoms with E-state index in [-0.39, 0.29) is 17.4 Å². The van der Waals surface area contributed by atoms with Crippen molar-refractivity contribution in [3.63, 3.8) is 0 Å². The van der Waals surface area contributed by atoms with Gasteiger partial charge in [-0.05, 0) is 47.0 Å². The van der Waals surface area contributed by atoms with Crippen LogP contribution < -0.4 is 5.32 Å². The highest BCUT2D eigenvalue weighted by Crippen LogP contribution is 2.44. The van der Waals surface area contributed by atoms with Crippen LogP contribution in [0.2, 0.25) is 0 Å². The van der Waals surface area contributed by atoms with E-state index in [0.29, 0.717) is 0 Å². The van der Waals surface area contributed by atoms with Crippen LogP contribution in [0.25, 0.3) is 0 Å². The highest BCUT2D eigenvalue weighted by molar-refractivity contribution is 5.69. The molecule has 0 radical (unpaired) electrons. The van der Waals surface area contributed by atoms with Gasteiger partial charge in [0.25, 0.3) is 0 Å². The zero-order valence-electron chi connectivity index (χ0n) is 10.7. The van der Waals surface area contributed by atoms with E-state index < -0.39 is 11.7 Å². The van der Waals surface area contributed by atoms with E-state index in [1.54, 1.807) is 0 Å². The second-order valence-corrected chi connectivity index (χ2v) is 5.99. The van der Waals surface area contributed by atoms with Crippen LogP contribution in [0.1, 0.15) is 41.0 Å². The Morgan fingerprint density at radius 1 is 1.31 bits per heavy atom. The Kier molecular flexibility index (Phi) is 3.31. The van der Waals surface area contributed by atoms with Gasteiger partial charge in [-0.3, -0.25) is 0 Å². The predicted molar refractivity (Wildman–Crippen MR) is 61.1 cm³/mol. The first kappa shape index (κ1) is 13.0. The number of hydrogen-bond acceptors (Lipinski definition) is 3. The third-order valence-corrected chi connectivity index (χ3v) is 2.76. The largest absolute Gasteiger partial charge is 0.444 e. The summed E-state index contributed by atoms with van der Waals surface area (Å²) in [4.78, 5) is 22.2.